The number of carbonyl (C=O) groups is 2. The third kappa shape index (κ3) is 11.5. The highest BCUT2D eigenvalue weighted by Gasteiger charge is 2.53. The molecule has 0 radical (unpaired) electrons. The number of ether oxygens (including phenoxy) is 3. The average molecular weight is 845 g/mol. The lowest BCUT2D eigenvalue weighted by Gasteiger charge is -2.48. The molecule has 4 aliphatic heterocycles. The first-order chi connectivity index (χ1) is 28.7. The quantitative estimate of drug-likeness (QED) is 0.282. The topological polar surface area (TPSA) is 115 Å². The molecule has 8 rings (SSSR count). The number of carbonyl (C=O) groups excluding carboxylic acids is 2. The second-order valence-corrected chi connectivity index (χ2v) is 22.3. The summed E-state index contributed by atoms with van der Waals surface area (Å²) in [7, 11) is 0. The number of para-hydroxylation sites is 2. The van der Waals surface area contributed by atoms with Gasteiger partial charge in [0.05, 0.1) is 5.60 Å². The fraction of sp³-hybridized carbons (Fsp3) is 0.720. The minimum Gasteiger partial charge on any atom is -0.508 e. The van der Waals surface area contributed by atoms with Crippen molar-refractivity contribution < 1.29 is 34.0 Å². The van der Waals surface area contributed by atoms with Crippen molar-refractivity contribution in [1.29, 1.82) is 0 Å². The molecule has 2 spiro atoms. The molecule has 4 heterocycles. The second kappa shape index (κ2) is 17.9. The number of hydrogen-bond donors (Lipinski definition) is 2. The van der Waals surface area contributed by atoms with Crippen LogP contribution in [0.5, 0.6) is 11.5 Å². The van der Waals surface area contributed by atoms with Gasteiger partial charge in [0.1, 0.15) is 29.3 Å². The maximum atomic E-state index is 12.3. The van der Waals surface area contributed by atoms with E-state index in [1.807, 2.05) is 75.6 Å². The molecule has 2 aromatic carbocycles. The van der Waals surface area contributed by atoms with Crippen molar-refractivity contribution in [3.63, 3.8) is 0 Å². The summed E-state index contributed by atoms with van der Waals surface area (Å²) in [6.45, 7) is 23.2. The number of phenolic OH excluding ortho intramolecular Hbond substituents is 1. The molecule has 2 N–H and O–H groups in total. The Morgan fingerprint density at radius 2 is 1.03 bits per heavy atom. The van der Waals surface area contributed by atoms with Gasteiger partial charge in [-0.2, -0.15) is 0 Å². The first kappa shape index (κ1) is 45.5. The minimum atomic E-state index is -0.838. The predicted octanol–water partition coefficient (Wildman–Crippen LogP) is 9.17. The Balaban J connectivity index is 0.000000186. The third-order valence-corrected chi connectivity index (χ3v) is 14.2. The number of aliphatic hydroxyl groups is 1. The molecule has 4 saturated heterocycles. The standard InChI is InChI=1S/C27H42N2O4.C23H34N2O3/c1-25(2,3)33-24(30)29-17-27(18-29)13-10-21(16-27)28-14-11-20(12-15-28)22-8-6-7-9-23(22)32-19-26(4,5)31;1-22(2,3)28-21(27)25-15-23(16-25)11-8-18(14-23)24-12-9-17(10-13-24)19-6-4-5-7-20(19)26/h6-9,20-21,31H,10-19H2,1-5H3;4-7,17-18,26H,8-16H2,1-3H3/t21-;18-/m11/s1. The highest BCUT2D eigenvalue weighted by molar-refractivity contribution is 5.70. The van der Waals surface area contributed by atoms with Crippen molar-refractivity contribution in [1.82, 2.24) is 19.6 Å². The first-order valence-corrected chi connectivity index (χ1v) is 23.3. The summed E-state index contributed by atoms with van der Waals surface area (Å²) in [5, 5.41) is 20.2. The summed E-state index contributed by atoms with van der Waals surface area (Å²) < 4.78 is 17.0. The number of phenols is 1. The summed E-state index contributed by atoms with van der Waals surface area (Å²) in [6, 6.07) is 17.4. The summed E-state index contributed by atoms with van der Waals surface area (Å²) in [5.74, 6) is 2.33. The number of hydrogen-bond acceptors (Lipinski definition) is 9. The van der Waals surface area contributed by atoms with Gasteiger partial charge in [0.15, 0.2) is 0 Å². The number of piperidine rings is 2. The van der Waals surface area contributed by atoms with E-state index in [9.17, 15) is 19.8 Å². The zero-order chi connectivity index (χ0) is 43.8. The SMILES string of the molecule is CC(C)(C)OC(=O)N1CC2(CC[C@@H](N3CCC(c4ccccc4O)CC3)C2)C1.CC(C)(O)COc1ccccc1C1CCN([C@@H]2CCC3(C2)CN(C(=O)OC(C)(C)C)C3)CC1. The second-order valence-electron chi connectivity index (χ2n) is 22.3. The van der Waals surface area contributed by atoms with Crippen LogP contribution >= 0.6 is 0 Å². The Morgan fingerprint density at radius 1 is 0.623 bits per heavy atom. The molecule has 6 fully saturated rings. The summed E-state index contributed by atoms with van der Waals surface area (Å²) >= 11 is 0. The van der Waals surface area contributed by atoms with Crippen LogP contribution in [0.25, 0.3) is 0 Å². The van der Waals surface area contributed by atoms with Gasteiger partial charge in [-0.3, -0.25) is 0 Å². The van der Waals surface area contributed by atoms with Gasteiger partial charge < -0.3 is 44.0 Å². The minimum absolute atomic E-state index is 0.162. The van der Waals surface area contributed by atoms with Crippen LogP contribution in [0.3, 0.4) is 0 Å². The lowest BCUT2D eigenvalue weighted by Crippen LogP contribution is -2.58. The first-order valence-electron chi connectivity index (χ1n) is 23.3. The van der Waals surface area contributed by atoms with Gasteiger partial charge in [-0.25, -0.2) is 9.59 Å². The highest BCUT2D eigenvalue weighted by Crippen LogP contribution is 2.50. The van der Waals surface area contributed by atoms with Gasteiger partial charge in [0.2, 0.25) is 0 Å². The average Bonchev–Trinajstić information content (AvgIpc) is 3.82. The monoisotopic (exact) mass is 845 g/mol. The summed E-state index contributed by atoms with van der Waals surface area (Å²) in [6.07, 6.45) is 11.5. The maximum absolute atomic E-state index is 12.3. The van der Waals surface area contributed by atoms with E-state index in [0.717, 1.165) is 89.4 Å². The lowest BCUT2D eigenvalue weighted by atomic mass is 9.78. The zero-order valence-electron chi connectivity index (χ0n) is 38.6. The summed E-state index contributed by atoms with van der Waals surface area (Å²) in [5.41, 5.74) is 1.31. The molecule has 6 aliphatic rings. The normalized spacial score (nSPS) is 24.8. The molecule has 2 atom stereocenters. The van der Waals surface area contributed by atoms with Crippen LogP contribution < -0.4 is 4.74 Å². The molecule has 2 amide bonds. The maximum Gasteiger partial charge on any atom is 0.410 e. The Bertz CT molecular complexity index is 1800. The van der Waals surface area contributed by atoms with E-state index in [-0.39, 0.29) is 12.2 Å². The molecule has 2 aliphatic carbocycles. The zero-order valence-corrected chi connectivity index (χ0v) is 38.6. The van der Waals surface area contributed by atoms with Crippen LogP contribution in [-0.2, 0) is 9.47 Å². The lowest BCUT2D eigenvalue weighted by molar-refractivity contribution is -0.0351. The largest absolute Gasteiger partial charge is 0.508 e. The number of aromatic hydroxyl groups is 1. The number of nitrogens with zero attached hydrogens (tertiary/aromatic N) is 4. The van der Waals surface area contributed by atoms with Gasteiger partial charge in [-0.15, -0.1) is 0 Å². The van der Waals surface area contributed by atoms with Crippen LogP contribution in [0.1, 0.15) is 143 Å². The van der Waals surface area contributed by atoms with Crippen LogP contribution in [0.4, 0.5) is 9.59 Å². The van der Waals surface area contributed by atoms with E-state index >= 15 is 0 Å². The fourth-order valence-corrected chi connectivity index (χ4v) is 11.2. The summed E-state index contributed by atoms with van der Waals surface area (Å²) in [4.78, 5) is 33.7. The van der Waals surface area contributed by atoms with Crippen molar-refractivity contribution in [3.05, 3.63) is 59.7 Å². The molecular formula is C50H76N4O7. The fourth-order valence-electron chi connectivity index (χ4n) is 11.2. The van der Waals surface area contributed by atoms with Crippen LogP contribution in [-0.4, -0.2) is 130 Å². The molecule has 11 heteroatoms. The van der Waals surface area contributed by atoms with Crippen LogP contribution in [0.2, 0.25) is 0 Å². The van der Waals surface area contributed by atoms with Crippen molar-refractivity contribution in [2.45, 2.75) is 160 Å². The van der Waals surface area contributed by atoms with Crippen LogP contribution in [0, 0.1) is 10.8 Å². The van der Waals surface area contributed by atoms with E-state index in [1.165, 1.54) is 44.1 Å². The number of benzene rings is 2. The predicted molar refractivity (Wildman–Crippen MR) is 239 cm³/mol. The van der Waals surface area contributed by atoms with Gasteiger partial charge >= 0.3 is 12.2 Å². The molecule has 0 bridgehead atoms. The van der Waals surface area contributed by atoms with Crippen molar-refractivity contribution in [3.8, 4) is 11.5 Å². The Morgan fingerprint density at radius 3 is 1.46 bits per heavy atom. The number of amides is 2. The van der Waals surface area contributed by atoms with E-state index in [0.29, 0.717) is 47.1 Å². The van der Waals surface area contributed by atoms with E-state index in [2.05, 4.69) is 28.0 Å². The molecule has 0 aromatic heterocycles. The molecular weight excluding hydrogens is 769 g/mol. The van der Waals surface area contributed by atoms with Gasteiger partial charge in [0.25, 0.3) is 0 Å². The number of rotatable bonds is 7. The van der Waals surface area contributed by atoms with E-state index in [4.69, 9.17) is 14.2 Å². The molecule has 2 aromatic rings. The van der Waals surface area contributed by atoms with Gasteiger partial charge in [0, 0.05) is 49.1 Å². The van der Waals surface area contributed by atoms with Crippen molar-refractivity contribution in [2.75, 3.05) is 59.0 Å². The van der Waals surface area contributed by atoms with E-state index < -0.39 is 16.8 Å². The third-order valence-electron chi connectivity index (χ3n) is 14.2. The highest BCUT2D eigenvalue weighted by atomic mass is 16.6. The molecule has 2 saturated carbocycles. The molecule has 61 heavy (non-hydrogen) atoms. The van der Waals surface area contributed by atoms with Gasteiger partial charge in [-0.1, -0.05) is 36.4 Å². The van der Waals surface area contributed by atoms with Crippen molar-refractivity contribution in [2.24, 2.45) is 10.8 Å². The van der Waals surface area contributed by atoms with E-state index in [1.54, 1.807) is 19.9 Å². The molecule has 11 nitrogen and oxygen atoms in total. The Labute approximate surface area is 366 Å². The molecule has 0 unspecified atom stereocenters. The number of likely N-dealkylation sites (tertiary alicyclic amines) is 4. The van der Waals surface area contributed by atoms with Crippen LogP contribution in [0.15, 0.2) is 48.5 Å². The Hall–Kier alpha value is -3.54. The smallest absolute Gasteiger partial charge is 0.410 e. The molecule has 338 valence electrons. The Kier molecular flexibility index (Phi) is 13.4. The van der Waals surface area contributed by atoms with Crippen molar-refractivity contribution >= 4 is 12.2 Å². The van der Waals surface area contributed by atoms with Gasteiger partial charge in [-0.05, 0) is 181 Å².